The lowest BCUT2D eigenvalue weighted by atomic mass is 9.87. The van der Waals surface area contributed by atoms with E-state index in [1.807, 2.05) is 12.1 Å². The van der Waals surface area contributed by atoms with E-state index in [0.717, 1.165) is 22.4 Å². The average Bonchev–Trinajstić information content (AvgIpc) is 3.15. The Morgan fingerprint density at radius 3 is 2.33 bits per heavy atom. The summed E-state index contributed by atoms with van der Waals surface area (Å²) >= 11 is 16.6. The van der Waals surface area contributed by atoms with Gasteiger partial charge in [-0.25, -0.2) is 0 Å². The molecule has 0 aromatic heterocycles. The van der Waals surface area contributed by atoms with Crippen LogP contribution < -0.4 is 14.2 Å². The Labute approximate surface area is 256 Å². The van der Waals surface area contributed by atoms with Gasteiger partial charge in [-0.3, -0.25) is 14.5 Å². The van der Waals surface area contributed by atoms with Crippen molar-refractivity contribution in [1.82, 2.24) is 4.90 Å². The number of amides is 2. The third-order valence-electron chi connectivity index (χ3n) is 6.09. The zero-order chi connectivity index (χ0) is 29.0. The van der Waals surface area contributed by atoms with Gasteiger partial charge in [-0.05, 0) is 92.3 Å². The van der Waals surface area contributed by atoms with Gasteiger partial charge in [0.15, 0.2) is 11.5 Å². The van der Waals surface area contributed by atoms with Gasteiger partial charge in [0.05, 0.1) is 23.0 Å². The highest BCUT2D eigenvalue weighted by Gasteiger charge is 2.35. The minimum atomic E-state index is -0.399. The van der Waals surface area contributed by atoms with Crippen LogP contribution in [0.5, 0.6) is 17.2 Å². The first kappa shape index (κ1) is 30.3. The molecule has 1 saturated heterocycles. The highest BCUT2D eigenvalue weighted by Crippen LogP contribution is 2.39. The van der Waals surface area contributed by atoms with Crippen LogP contribution in [0.25, 0.3) is 6.08 Å². The first-order chi connectivity index (χ1) is 19.0. The zero-order valence-electron chi connectivity index (χ0n) is 22.4. The predicted molar refractivity (Wildman–Crippen MR) is 165 cm³/mol. The second-order valence-corrected chi connectivity index (χ2v) is 12.7. The van der Waals surface area contributed by atoms with Gasteiger partial charge in [0.1, 0.15) is 19.0 Å². The fourth-order valence-corrected chi connectivity index (χ4v) is 5.81. The van der Waals surface area contributed by atoms with Crippen LogP contribution in [0.15, 0.2) is 64.0 Å². The number of rotatable bonds is 9. The van der Waals surface area contributed by atoms with E-state index in [-0.39, 0.29) is 17.2 Å². The Kier molecular flexibility index (Phi) is 9.77. The minimum absolute atomic E-state index is 0.0562. The number of hydrogen-bond donors (Lipinski definition) is 0. The van der Waals surface area contributed by atoms with Gasteiger partial charge in [0, 0.05) is 10.0 Å². The molecule has 0 saturated carbocycles. The minimum Gasteiger partial charge on any atom is -0.493 e. The summed E-state index contributed by atoms with van der Waals surface area (Å²) in [6, 6.07) is 16.5. The molecule has 3 aromatic carbocycles. The highest BCUT2D eigenvalue weighted by atomic mass is 79.9. The first-order valence-electron chi connectivity index (χ1n) is 12.4. The number of benzene rings is 3. The Bertz CT molecular complexity index is 1450. The maximum atomic E-state index is 13.0. The number of halogens is 3. The number of ether oxygens (including phenoxy) is 3. The van der Waals surface area contributed by atoms with Crippen LogP contribution in [0.2, 0.25) is 10.0 Å². The molecule has 0 atom stereocenters. The normalized spacial score (nSPS) is 14.7. The standard InChI is InChI=1S/C30H28BrCl2NO5S/c1-30(2,3)20-6-9-22(10-7-20)38-11-12-39-27-23(31)13-18(14-25(27)37-4)15-26-28(35)34(29(36)40-26)17-19-5-8-21(32)16-24(19)33/h5-10,13-16H,11-12,17H2,1-4H3/b26-15-. The van der Waals surface area contributed by atoms with Gasteiger partial charge in [-0.15, -0.1) is 0 Å². The predicted octanol–water partition coefficient (Wildman–Crippen LogP) is 8.76. The monoisotopic (exact) mass is 663 g/mol. The molecular weight excluding hydrogens is 637 g/mol. The molecule has 0 N–H and O–H groups in total. The molecule has 3 aromatic rings. The molecule has 4 rings (SSSR count). The molecule has 10 heteroatoms. The average molecular weight is 665 g/mol. The molecule has 0 aliphatic carbocycles. The third kappa shape index (κ3) is 7.35. The molecule has 1 aliphatic heterocycles. The third-order valence-corrected chi connectivity index (χ3v) is 8.17. The van der Waals surface area contributed by atoms with Gasteiger partial charge >= 0.3 is 0 Å². The molecule has 0 bridgehead atoms. The van der Waals surface area contributed by atoms with Crippen LogP contribution in [0, 0.1) is 0 Å². The fraction of sp³-hybridized carbons (Fsp3) is 0.267. The summed E-state index contributed by atoms with van der Waals surface area (Å²) in [6.45, 7) is 7.20. The number of carbonyl (C=O) groups excluding carboxylic acids is 2. The highest BCUT2D eigenvalue weighted by molar-refractivity contribution is 9.10. The van der Waals surface area contributed by atoms with Crippen molar-refractivity contribution >= 4 is 68.1 Å². The van der Waals surface area contributed by atoms with Crippen molar-refractivity contribution < 1.29 is 23.8 Å². The molecule has 2 amide bonds. The summed E-state index contributed by atoms with van der Waals surface area (Å²) in [5, 5.41) is 0.498. The van der Waals surface area contributed by atoms with Crippen molar-refractivity contribution in [2.75, 3.05) is 20.3 Å². The van der Waals surface area contributed by atoms with Crippen molar-refractivity contribution in [1.29, 1.82) is 0 Å². The fourth-order valence-electron chi connectivity index (χ4n) is 3.93. The van der Waals surface area contributed by atoms with Crippen molar-refractivity contribution in [3.8, 4) is 17.2 Å². The lowest BCUT2D eigenvalue weighted by molar-refractivity contribution is -0.123. The van der Waals surface area contributed by atoms with Crippen LogP contribution >= 0.6 is 50.9 Å². The van der Waals surface area contributed by atoms with Gasteiger partial charge in [-0.1, -0.05) is 62.2 Å². The van der Waals surface area contributed by atoms with E-state index in [2.05, 4.69) is 48.8 Å². The Balaban J connectivity index is 1.41. The number of thioether (sulfide) groups is 1. The van der Waals surface area contributed by atoms with E-state index < -0.39 is 5.91 Å². The van der Waals surface area contributed by atoms with Gasteiger partial charge < -0.3 is 14.2 Å². The molecule has 0 spiro atoms. The number of hydrogen-bond acceptors (Lipinski definition) is 6. The second kappa shape index (κ2) is 12.9. The summed E-state index contributed by atoms with van der Waals surface area (Å²) in [4.78, 5) is 27.1. The van der Waals surface area contributed by atoms with Crippen molar-refractivity contribution in [2.24, 2.45) is 0 Å². The summed E-state index contributed by atoms with van der Waals surface area (Å²) in [6.07, 6.45) is 1.65. The molecule has 210 valence electrons. The number of carbonyl (C=O) groups is 2. The van der Waals surface area contributed by atoms with Gasteiger partial charge in [0.25, 0.3) is 11.1 Å². The quantitative estimate of drug-likeness (QED) is 0.168. The largest absolute Gasteiger partial charge is 0.493 e. The van der Waals surface area contributed by atoms with E-state index in [1.165, 1.54) is 12.7 Å². The zero-order valence-corrected chi connectivity index (χ0v) is 26.3. The SMILES string of the molecule is COc1cc(/C=C2\SC(=O)N(Cc3ccc(Cl)cc3Cl)C2=O)cc(Br)c1OCCOc1ccc(C(C)(C)C)cc1. The maximum absolute atomic E-state index is 13.0. The Morgan fingerprint density at radius 1 is 0.975 bits per heavy atom. The summed E-state index contributed by atoms with van der Waals surface area (Å²) in [7, 11) is 1.54. The van der Waals surface area contributed by atoms with Crippen molar-refractivity contribution in [3.63, 3.8) is 0 Å². The lowest BCUT2D eigenvalue weighted by Crippen LogP contribution is -2.27. The van der Waals surface area contributed by atoms with Crippen LogP contribution in [-0.2, 0) is 16.8 Å². The first-order valence-corrected chi connectivity index (χ1v) is 14.8. The van der Waals surface area contributed by atoms with E-state index in [9.17, 15) is 9.59 Å². The smallest absolute Gasteiger partial charge is 0.293 e. The molecule has 1 aliphatic rings. The van der Waals surface area contributed by atoms with Gasteiger partial charge in [-0.2, -0.15) is 0 Å². The maximum Gasteiger partial charge on any atom is 0.293 e. The summed E-state index contributed by atoms with van der Waals surface area (Å²) < 4.78 is 18.0. The molecular formula is C30H28BrCl2NO5S. The Morgan fingerprint density at radius 2 is 1.68 bits per heavy atom. The number of methoxy groups -OCH3 is 1. The van der Waals surface area contributed by atoms with Crippen molar-refractivity contribution in [2.45, 2.75) is 32.7 Å². The van der Waals surface area contributed by atoms with Crippen LogP contribution in [0.4, 0.5) is 4.79 Å². The lowest BCUT2D eigenvalue weighted by Gasteiger charge is -2.19. The van der Waals surface area contributed by atoms with E-state index in [1.54, 1.807) is 36.4 Å². The van der Waals surface area contributed by atoms with E-state index in [0.29, 0.717) is 55.3 Å². The summed E-state index contributed by atoms with van der Waals surface area (Å²) in [5.74, 6) is 1.36. The second-order valence-electron chi connectivity index (χ2n) is 10.0. The molecule has 40 heavy (non-hydrogen) atoms. The van der Waals surface area contributed by atoms with Crippen molar-refractivity contribution in [3.05, 3.63) is 90.7 Å². The Hall–Kier alpha value is -2.65. The molecule has 0 radical (unpaired) electrons. The summed E-state index contributed by atoms with van der Waals surface area (Å²) in [5.41, 5.74) is 2.62. The molecule has 6 nitrogen and oxygen atoms in total. The topological polar surface area (TPSA) is 65.1 Å². The number of nitrogens with zero attached hydrogens (tertiary/aromatic N) is 1. The van der Waals surface area contributed by atoms with Crippen LogP contribution in [-0.4, -0.2) is 36.4 Å². The van der Waals surface area contributed by atoms with Crippen LogP contribution in [0.1, 0.15) is 37.5 Å². The molecule has 0 unspecified atom stereocenters. The molecule has 1 fully saturated rings. The van der Waals surface area contributed by atoms with E-state index >= 15 is 0 Å². The van der Waals surface area contributed by atoms with Crippen LogP contribution in [0.3, 0.4) is 0 Å². The van der Waals surface area contributed by atoms with Gasteiger partial charge in [0.2, 0.25) is 0 Å². The molecule has 1 heterocycles. The van der Waals surface area contributed by atoms with E-state index in [4.69, 9.17) is 37.4 Å². The number of imide groups is 1.